The van der Waals surface area contributed by atoms with Gasteiger partial charge in [-0.05, 0) is 26.7 Å². The first-order chi connectivity index (χ1) is 9.44. The number of carbonyl (C=O) groups excluding carboxylic acids is 2. The molecule has 1 amide bonds. The van der Waals surface area contributed by atoms with Crippen molar-refractivity contribution in [3.05, 3.63) is 0 Å². The molecule has 0 aromatic rings. The van der Waals surface area contributed by atoms with Crippen molar-refractivity contribution in [1.29, 1.82) is 0 Å². The summed E-state index contributed by atoms with van der Waals surface area (Å²) in [5, 5.41) is 2.50. The van der Waals surface area contributed by atoms with Gasteiger partial charge in [-0.2, -0.15) is 0 Å². The zero-order chi connectivity index (χ0) is 16.8. The standard InChI is InChI=1S/C13H26NO6P/c1-9(2)11(14-12(16)20-13(3,4)5)10(15)8-21(17,18-6)19-7/h9,11H,8H2,1-7H3,(H,14,16)/t11-/m0/s1. The number of nitrogens with one attached hydrogen (secondary N) is 1. The van der Waals surface area contributed by atoms with Crippen LogP contribution in [0.1, 0.15) is 34.6 Å². The summed E-state index contributed by atoms with van der Waals surface area (Å²) in [4.78, 5) is 24.0. The van der Waals surface area contributed by atoms with Crippen LogP contribution in [0.3, 0.4) is 0 Å². The Hall–Kier alpha value is -0.910. The maximum Gasteiger partial charge on any atom is 0.408 e. The van der Waals surface area contributed by atoms with E-state index in [1.54, 1.807) is 34.6 Å². The monoisotopic (exact) mass is 323 g/mol. The van der Waals surface area contributed by atoms with E-state index < -0.39 is 37.3 Å². The molecule has 21 heavy (non-hydrogen) atoms. The van der Waals surface area contributed by atoms with Gasteiger partial charge in [-0.15, -0.1) is 0 Å². The fraction of sp³-hybridized carbons (Fsp3) is 0.846. The predicted octanol–water partition coefficient (Wildman–Crippen LogP) is 2.59. The smallest absolute Gasteiger partial charge is 0.408 e. The van der Waals surface area contributed by atoms with Crippen molar-refractivity contribution in [3.8, 4) is 0 Å². The fourth-order valence-corrected chi connectivity index (χ4v) is 2.53. The number of ether oxygens (including phenoxy) is 1. The van der Waals surface area contributed by atoms with Crippen LogP contribution >= 0.6 is 7.60 Å². The summed E-state index contributed by atoms with van der Waals surface area (Å²) >= 11 is 0. The lowest BCUT2D eigenvalue weighted by atomic mass is 10.0. The molecule has 8 heteroatoms. The number of ketones is 1. The quantitative estimate of drug-likeness (QED) is 0.724. The molecule has 0 spiro atoms. The summed E-state index contributed by atoms with van der Waals surface area (Å²) in [6, 6.07) is -0.821. The topological polar surface area (TPSA) is 90.9 Å². The van der Waals surface area contributed by atoms with E-state index in [0.29, 0.717) is 0 Å². The second-order valence-electron chi connectivity index (χ2n) is 5.97. The van der Waals surface area contributed by atoms with E-state index in [4.69, 9.17) is 13.8 Å². The summed E-state index contributed by atoms with van der Waals surface area (Å²) in [5.41, 5.74) is -0.664. The van der Waals surface area contributed by atoms with Crippen LogP contribution in [-0.4, -0.2) is 43.9 Å². The van der Waals surface area contributed by atoms with Crippen LogP contribution in [0.4, 0.5) is 4.79 Å². The SMILES string of the molecule is COP(=O)(CC(=O)[C@@H](NC(=O)OC(C)(C)C)C(C)C)OC. The number of hydrogen-bond donors (Lipinski definition) is 1. The van der Waals surface area contributed by atoms with E-state index in [-0.39, 0.29) is 5.92 Å². The highest BCUT2D eigenvalue weighted by molar-refractivity contribution is 7.54. The van der Waals surface area contributed by atoms with Crippen molar-refractivity contribution in [2.45, 2.75) is 46.3 Å². The zero-order valence-corrected chi connectivity index (χ0v) is 14.7. The Morgan fingerprint density at radius 3 is 1.95 bits per heavy atom. The van der Waals surface area contributed by atoms with E-state index >= 15 is 0 Å². The lowest BCUT2D eigenvalue weighted by molar-refractivity contribution is -0.119. The van der Waals surface area contributed by atoms with Gasteiger partial charge in [-0.25, -0.2) is 4.79 Å². The molecular formula is C13H26NO6P. The van der Waals surface area contributed by atoms with Gasteiger partial charge >= 0.3 is 13.7 Å². The van der Waals surface area contributed by atoms with Crippen molar-refractivity contribution in [2.75, 3.05) is 20.4 Å². The lowest BCUT2D eigenvalue weighted by Crippen LogP contribution is -2.47. The second-order valence-corrected chi connectivity index (χ2v) is 8.24. The van der Waals surface area contributed by atoms with E-state index in [1.807, 2.05) is 0 Å². The molecular weight excluding hydrogens is 297 g/mol. The molecule has 0 aromatic heterocycles. The Bertz CT molecular complexity index is 407. The van der Waals surface area contributed by atoms with Gasteiger partial charge < -0.3 is 19.1 Å². The highest BCUT2D eigenvalue weighted by atomic mass is 31.2. The molecule has 0 rings (SSSR count). The Morgan fingerprint density at radius 1 is 1.14 bits per heavy atom. The summed E-state index contributed by atoms with van der Waals surface area (Å²) < 4.78 is 26.6. The Morgan fingerprint density at radius 2 is 1.62 bits per heavy atom. The van der Waals surface area contributed by atoms with Gasteiger partial charge in [0, 0.05) is 14.2 Å². The first-order valence-electron chi connectivity index (χ1n) is 6.67. The van der Waals surface area contributed by atoms with Crippen LogP contribution < -0.4 is 5.32 Å². The molecule has 0 unspecified atom stereocenters. The highest BCUT2D eigenvalue weighted by Crippen LogP contribution is 2.46. The number of rotatable bonds is 7. The molecule has 1 atom stereocenters. The molecule has 124 valence electrons. The Kier molecular flexibility index (Phi) is 7.57. The number of amides is 1. The van der Waals surface area contributed by atoms with Gasteiger partial charge in [-0.3, -0.25) is 9.36 Å². The van der Waals surface area contributed by atoms with Gasteiger partial charge in [0.1, 0.15) is 11.8 Å². The van der Waals surface area contributed by atoms with E-state index in [9.17, 15) is 14.2 Å². The van der Waals surface area contributed by atoms with Crippen LogP contribution in [0.15, 0.2) is 0 Å². The molecule has 0 aromatic carbocycles. The molecule has 0 aliphatic carbocycles. The van der Waals surface area contributed by atoms with Crippen LogP contribution in [0.2, 0.25) is 0 Å². The van der Waals surface area contributed by atoms with Crippen LogP contribution in [0.5, 0.6) is 0 Å². The summed E-state index contributed by atoms with van der Waals surface area (Å²) in [7, 11) is -1.03. The normalized spacial score (nSPS) is 13.9. The maximum atomic E-state index is 12.2. The van der Waals surface area contributed by atoms with E-state index in [1.165, 1.54) is 14.2 Å². The van der Waals surface area contributed by atoms with Crippen LogP contribution in [-0.2, 0) is 23.1 Å². The molecule has 0 saturated heterocycles. The van der Waals surface area contributed by atoms with Gasteiger partial charge in [0.15, 0.2) is 5.78 Å². The third kappa shape index (κ3) is 7.60. The average Bonchev–Trinajstić information content (AvgIpc) is 2.33. The van der Waals surface area contributed by atoms with Gasteiger partial charge in [0.2, 0.25) is 0 Å². The minimum atomic E-state index is -3.46. The average molecular weight is 323 g/mol. The Labute approximate surface area is 126 Å². The summed E-state index contributed by atoms with van der Waals surface area (Å²) in [6.45, 7) is 8.71. The Balaban J connectivity index is 4.88. The van der Waals surface area contributed by atoms with Crippen LogP contribution in [0.25, 0.3) is 0 Å². The number of Topliss-reactive ketones (excluding diaryl/α,β-unsaturated/α-hetero) is 1. The predicted molar refractivity (Wildman–Crippen MR) is 79.5 cm³/mol. The van der Waals surface area contributed by atoms with Crippen molar-refractivity contribution >= 4 is 19.5 Å². The highest BCUT2D eigenvalue weighted by Gasteiger charge is 2.33. The van der Waals surface area contributed by atoms with Crippen molar-refractivity contribution in [1.82, 2.24) is 5.32 Å². The maximum absolute atomic E-state index is 12.2. The molecule has 0 aliphatic rings. The van der Waals surface area contributed by atoms with Crippen molar-refractivity contribution in [2.24, 2.45) is 5.92 Å². The van der Waals surface area contributed by atoms with Crippen molar-refractivity contribution < 1.29 is 27.9 Å². The summed E-state index contributed by atoms with van der Waals surface area (Å²) in [5.74, 6) is -0.616. The third-order valence-electron chi connectivity index (χ3n) is 2.59. The summed E-state index contributed by atoms with van der Waals surface area (Å²) in [6.07, 6.45) is -1.10. The van der Waals surface area contributed by atoms with E-state index in [2.05, 4.69) is 5.32 Å². The fourth-order valence-electron chi connectivity index (χ4n) is 1.55. The molecule has 0 aliphatic heterocycles. The van der Waals surface area contributed by atoms with Crippen molar-refractivity contribution in [3.63, 3.8) is 0 Å². The molecule has 0 radical (unpaired) electrons. The molecule has 0 fully saturated rings. The number of carbonyl (C=O) groups is 2. The first kappa shape index (κ1) is 20.1. The molecule has 7 nitrogen and oxygen atoms in total. The zero-order valence-electron chi connectivity index (χ0n) is 13.8. The van der Waals surface area contributed by atoms with E-state index in [0.717, 1.165) is 0 Å². The largest absolute Gasteiger partial charge is 0.444 e. The minimum Gasteiger partial charge on any atom is -0.444 e. The van der Waals surface area contributed by atoms with Gasteiger partial charge in [0.05, 0.1) is 6.04 Å². The van der Waals surface area contributed by atoms with Crippen LogP contribution in [0, 0.1) is 5.92 Å². The third-order valence-corrected chi connectivity index (χ3v) is 4.40. The molecule has 1 N–H and O–H groups in total. The molecule has 0 bridgehead atoms. The van der Waals surface area contributed by atoms with Gasteiger partial charge in [0.25, 0.3) is 0 Å². The van der Waals surface area contributed by atoms with Gasteiger partial charge in [-0.1, -0.05) is 13.8 Å². The molecule has 0 heterocycles. The second kappa shape index (κ2) is 7.92. The number of hydrogen-bond acceptors (Lipinski definition) is 6. The minimum absolute atomic E-state index is 0.188. The first-order valence-corrected chi connectivity index (χ1v) is 8.39. The molecule has 0 saturated carbocycles. The lowest BCUT2D eigenvalue weighted by Gasteiger charge is -2.25. The number of alkyl carbamates (subject to hydrolysis) is 1.